The number of fused-ring (bicyclic) bond motifs is 1. The van der Waals surface area contributed by atoms with Gasteiger partial charge in [-0.3, -0.25) is 14.5 Å². The van der Waals surface area contributed by atoms with E-state index in [4.69, 9.17) is 4.74 Å². The van der Waals surface area contributed by atoms with Crippen LogP contribution in [0.3, 0.4) is 0 Å². The highest BCUT2D eigenvalue weighted by atomic mass is 16.5. The largest absolute Gasteiger partial charge is 0.497 e. The maximum absolute atomic E-state index is 13.1. The zero-order valence-corrected chi connectivity index (χ0v) is 20.5. The number of piperazine rings is 1. The maximum atomic E-state index is 13.1. The van der Waals surface area contributed by atoms with Gasteiger partial charge in [-0.05, 0) is 60.7 Å². The molecule has 0 saturated carbocycles. The van der Waals surface area contributed by atoms with E-state index in [0.29, 0.717) is 32.5 Å². The smallest absolute Gasteiger partial charge is 0.236 e. The van der Waals surface area contributed by atoms with Gasteiger partial charge >= 0.3 is 0 Å². The van der Waals surface area contributed by atoms with E-state index in [1.165, 1.54) is 5.56 Å². The fourth-order valence-electron chi connectivity index (χ4n) is 5.27. The monoisotopic (exact) mass is 474 g/mol. The van der Waals surface area contributed by atoms with E-state index >= 15 is 0 Å². The highest BCUT2D eigenvalue weighted by Gasteiger charge is 2.25. The SMILES string of the molecule is COc1ccc(-c2[nH]c3ccccc3c2CCC(=O)N2CCN(CC(=O)N3CCCC3)CC2)cc1. The molecular weight excluding hydrogens is 440 g/mol. The number of nitrogens with zero attached hydrogens (tertiary/aromatic N) is 3. The molecule has 3 heterocycles. The first kappa shape index (κ1) is 23.4. The van der Waals surface area contributed by atoms with Gasteiger partial charge in [0.25, 0.3) is 0 Å². The molecule has 3 aromatic rings. The molecule has 7 nitrogen and oxygen atoms in total. The van der Waals surface area contributed by atoms with Crippen molar-refractivity contribution >= 4 is 22.7 Å². The van der Waals surface area contributed by atoms with Crippen LogP contribution in [0.2, 0.25) is 0 Å². The molecule has 0 bridgehead atoms. The van der Waals surface area contributed by atoms with E-state index in [1.54, 1.807) is 7.11 Å². The van der Waals surface area contributed by atoms with E-state index < -0.39 is 0 Å². The minimum atomic E-state index is 0.182. The summed E-state index contributed by atoms with van der Waals surface area (Å²) in [5.41, 5.74) is 4.40. The molecule has 0 unspecified atom stereocenters. The average molecular weight is 475 g/mol. The summed E-state index contributed by atoms with van der Waals surface area (Å²) in [5.74, 6) is 1.23. The van der Waals surface area contributed by atoms with Crippen molar-refractivity contribution in [2.75, 3.05) is 52.9 Å². The van der Waals surface area contributed by atoms with Gasteiger partial charge in [0.2, 0.25) is 11.8 Å². The number of rotatable bonds is 7. The van der Waals surface area contributed by atoms with Gasteiger partial charge in [0.1, 0.15) is 5.75 Å². The average Bonchev–Trinajstić information content (AvgIpc) is 3.56. The number of hydrogen-bond donors (Lipinski definition) is 1. The number of methoxy groups -OCH3 is 1. The summed E-state index contributed by atoms with van der Waals surface area (Å²) < 4.78 is 5.31. The Balaban J connectivity index is 1.21. The number of carbonyl (C=O) groups excluding carboxylic acids is 2. The van der Waals surface area contributed by atoms with Crippen LogP contribution in [-0.4, -0.2) is 84.4 Å². The molecule has 1 N–H and O–H groups in total. The predicted octanol–water partition coefficient (Wildman–Crippen LogP) is 3.54. The van der Waals surface area contributed by atoms with Gasteiger partial charge in [0.15, 0.2) is 0 Å². The molecule has 2 fully saturated rings. The fraction of sp³-hybridized carbons (Fsp3) is 0.429. The topological polar surface area (TPSA) is 68.9 Å². The Kier molecular flexibility index (Phi) is 7.04. The molecule has 0 aliphatic carbocycles. The summed E-state index contributed by atoms with van der Waals surface area (Å²) in [4.78, 5) is 35.2. The second kappa shape index (κ2) is 10.5. The lowest BCUT2D eigenvalue weighted by Gasteiger charge is -2.35. The standard InChI is InChI=1S/C28H34N4O3/c1-35-22-10-8-21(9-11-22)28-24(23-6-2-3-7-25(23)29-28)12-13-26(33)32-18-16-30(17-19-32)20-27(34)31-14-4-5-15-31/h2-3,6-11,29H,4-5,12-20H2,1H3. The van der Waals surface area contributed by atoms with Crippen molar-refractivity contribution in [3.63, 3.8) is 0 Å². The molecule has 0 radical (unpaired) electrons. The lowest BCUT2D eigenvalue weighted by Crippen LogP contribution is -2.51. The number of aromatic amines is 1. The van der Waals surface area contributed by atoms with Gasteiger partial charge in [0, 0.05) is 62.3 Å². The summed E-state index contributed by atoms with van der Waals surface area (Å²) in [7, 11) is 1.67. The third kappa shape index (κ3) is 5.20. The molecule has 5 rings (SSSR count). The number of nitrogens with one attached hydrogen (secondary N) is 1. The molecule has 0 atom stereocenters. The van der Waals surface area contributed by atoms with Gasteiger partial charge in [0.05, 0.1) is 13.7 Å². The van der Waals surface area contributed by atoms with E-state index in [-0.39, 0.29) is 11.8 Å². The van der Waals surface area contributed by atoms with Crippen molar-refractivity contribution < 1.29 is 14.3 Å². The third-order valence-electron chi connectivity index (χ3n) is 7.32. The summed E-state index contributed by atoms with van der Waals surface area (Å²) in [6.07, 6.45) is 3.38. The lowest BCUT2D eigenvalue weighted by molar-refractivity contribution is -0.134. The Bertz CT molecular complexity index is 1170. The first-order valence-electron chi connectivity index (χ1n) is 12.6. The molecular formula is C28H34N4O3. The highest BCUT2D eigenvalue weighted by molar-refractivity contribution is 5.91. The van der Waals surface area contributed by atoms with Crippen LogP contribution in [0.15, 0.2) is 48.5 Å². The number of aryl methyl sites for hydroxylation is 1. The molecule has 2 saturated heterocycles. The lowest BCUT2D eigenvalue weighted by atomic mass is 10.0. The van der Waals surface area contributed by atoms with Crippen molar-refractivity contribution in [1.29, 1.82) is 0 Å². The van der Waals surface area contributed by atoms with Crippen molar-refractivity contribution in [1.82, 2.24) is 19.7 Å². The summed E-state index contributed by atoms with van der Waals surface area (Å²) in [6, 6.07) is 16.3. The Labute approximate surface area is 206 Å². The van der Waals surface area contributed by atoms with Crippen molar-refractivity contribution in [3.8, 4) is 17.0 Å². The molecule has 0 spiro atoms. The number of H-pyrrole nitrogens is 1. The number of ether oxygens (including phenoxy) is 1. The van der Waals surface area contributed by atoms with Crippen LogP contribution in [-0.2, 0) is 16.0 Å². The van der Waals surface area contributed by atoms with Gasteiger partial charge < -0.3 is 19.5 Å². The Morgan fingerprint density at radius 2 is 1.54 bits per heavy atom. The summed E-state index contributed by atoms with van der Waals surface area (Å²) in [5, 5.41) is 1.16. The van der Waals surface area contributed by atoms with E-state index in [2.05, 4.69) is 34.1 Å². The van der Waals surface area contributed by atoms with Crippen LogP contribution in [0.25, 0.3) is 22.2 Å². The van der Waals surface area contributed by atoms with Crippen LogP contribution in [0.1, 0.15) is 24.8 Å². The fourth-order valence-corrected chi connectivity index (χ4v) is 5.27. The molecule has 7 heteroatoms. The molecule has 2 aliphatic rings. The minimum absolute atomic E-state index is 0.182. The Morgan fingerprint density at radius 3 is 2.26 bits per heavy atom. The van der Waals surface area contributed by atoms with Crippen molar-refractivity contribution in [3.05, 3.63) is 54.1 Å². The first-order chi connectivity index (χ1) is 17.1. The number of carbonyl (C=O) groups is 2. The molecule has 1 aromatic heterocycles. The third-order valence-corrected chi connectivity index (χ3v) is 7.32. The van der Waals surface area contributed by atoms with Crippen LogP contribution < -0.4 is 4.74 Å². The van der Waals surface area contributed by atoms with Gasteiger partial charge in [-0.1, -0.05) is 18.2 Å². The van der Waals surface area contributed by atoms with Gasteiger partial charge in [-0.2, -0.15) is 0 Å². The summed E-state index contributed by atoms with van der Waals surface area (Å²) >= 11 is 0. The van der Waals surface area contributed by atoms with Gasteiger partial charge in [-0.15, -0.1) is 0 Å². The molecule has 2 aromatic carbocycles. The number of likely N-dealkylation sites (tertiary alicyclic amines) is 1. The number of hydrogen-bond acceptors (Lipinski definition) is 4. The Morgan fingerprint density at radius 1 is 0.857 bits per heavy atom. The highest BCUT2D eigenvalue weighted by Crippen LogP contribution is 2.32. The van der Waals surface area contributed by atoms with Crippen LogP contribution >= 0.6 is 0 Å². The summed E-state index contributed by atoms with van der Waals surface area (Å²) in [6.45, 7) is 5.15. The minimum Gasteiger partial charge on any atom is -0.497 e. The molecule has 2 aliphatic heterocycles. The van der Waals surface area contributed by atoms with Crippen molar-refractivity contribution in [2.45, 2.75) is 25.7 Å². The van der Waals surface area contributed by atoms with E-state index in [9.17, 15) is 9.59 Å². The number of benzene rings is 2. The maximum Gasteiger partial charge on any atom is 0.236 e. The Hall–Kier alpha value is -3.32. The second-order valence-electron chi connectivity index (χ2n) is 9.50. The van der Waals surface area contributed by atoms with E-state index in [0.717, 1.165) is 66.9 Å². The number of amides is 2. The van der Waals surface area contributed by atoms with Crippen LogP contribution in [0, 0.1) is 0 Å². The first-order valence-corrected chi connectivity index (χ1v) is 12.6. The predicted molar refractivity (Wildman–Crippen MR) is 137 cm³/mol. The quantitative estimate of drug-likeness (QED) is 0.569. The van der Waals surface area contributed by atoms with Crippen molar-refractivity contribution in [2.24, 2.45) is 0 Å². The molecule has 35 heavy (non-hydrogen) atoms. The zero-order valence-electron chi connectivity index (χ0n) is 20.5. The number of para-hydroxylation sites is 1. The van der Waals surface area contributed by atoms with Crippen LogP contribution in [0.5, 0.6) is 5.75 Å². The van der Waals surface area contributed by atoms with Gasteiger partial charge in [-0.25, -0.2) is 0 Å². The molecule has 184 valence electrons. The normalized spacial score (nSPS) is 16.7. The number of aromatic nitrogens is 1. The van der Waals surface area contributed by atoms with Crippen LogP contribution in [0.4, 0.5) is 0 Å². The zero-order chi connectivity index (χ0) is 24.2. The molecule has 2 amide bonds. The van der Waals surface area contributed by atoms with E-state index in [1.807, 2.05) is 34.1 Å². The second-order valence-corrected chi connectivity index (χ2v) is 9.50.